The maximum Gasteiger partial charge on any atom is 0.0658 e. The van der Waals surface area contributed by atoms with Crippen LogP contribution >= 0.6 is 0 Å². The van der Waals surface area contributed by atoms with Crippen LogP contribution < -0.4 is 0 Å². The van der Waals surface area contributed by atoms with E-state index in [9.17, 15) is 0 Å². The predicted octanol–water partition coefficient (Wildman–Crippen LogP) is 9.31. The zero-order valence-corrected chi connectivity index (χ0v) is 28.6. The van der Waals surface area contributed by atoms with Gasteiger partial charge in [-0.2, -0.15) is 0 Å². The molecule has 0 unspecified atom stereocenters. The summed E-state index contributed by atoms with van der Waals surface area (Å²) in [4.78, 5) is 32.0. The molecule has 0 saturated heterocycles. The van der Waals surface area contributed by atoms with E-state index < -0.39 is 0 Å². The summed E-state index contributed by atoms with van der Waals surface area (Å²) in [7, 11) is 0. The van der Waals surface area contributed by atoms with Crippen molar-refractivity contribution in [2.75, 3.05) is 0 Å². The number of nitrogens with one attached hydrogen (secondary N) is 4. The minimum atomic E-state index is 0. The average Bonchev–Trinajstić information content (AvgIpc) is 3.91. The second kappa shape index (κ2) is 12.9. The molecule has 0 atom stereocenters. The van der Waals surface area contributed by atoms with Crippen molar-refractivity contribution in [2.24, 2.45) is 0 Å². The van der Waals surface area contributed by atoms with Gasteiger partial charge in [-0.1, -0.05) is 0 Å². The van der Waals surface area contributed by atoms with Crippen molar-refractivity contribution >= 4 is 92.7 Å². The van der Waals surface area contributed by atoms with E-state index in [0.717, 1.165) is 89.7 Å². The van der Waals surface area contributed by atoms with Crippen molar-refractivity contribution in [1.29, 1.82) is 0 Å². The molecule has 10 heterocycles. The Morgan fingerprint density at radius 1 is 0.245 bits per heavy atom. The Morgan fingerprint density at radius 2 is 0.388 bits per heavy atom. The number of aromatic nitrogens is 8. The quantitative estimate of drug-likeness (QED) is 0.126. The normalized spacial score (nSPS) is 12.4. The molecule has 4 N–H and O–H groups in total. The van der Waals surface area contributed by atoms with E-state index in [2.05, 4.69) is 88.4 Å². The molecular weight excluding hydrogens is 684 g/mol. The third-order valence-corrected chi connectivity index (χ3v) is 8.08. The first-order valence-corrected chi connectivity index (χ1v) is 15.7. The van der Waals surface area contributed by atoms with Gasteiger partial charge >= 0.3 is 0 Å². The Bertz CT molecular complexity index is 2160. The van der Waals surface area contributed by atoms with Gasteiger partial charge in [0, 0.05) is 70.3 Å². The summed E-state index contributed by atoms with van der Waals surface area (Å²) in [6.07, 6.45) is 16.2. The fourth-order valence-electron chi connectivity index (χ4n) is 5.89. The molecule has 6 aromatic rings. The summed E-state index contributed by atoms with van der Waals surface area (Å²) < 4.78 is 0. The van der Waals surface area contributed by atoms with Crippen LogP contribution in [0.5, 0.6) is 0 Å². The smallest absolute Gasteiger partial charge is 0.0658 e. The van der Waals surface area contributed by atoms with E-state index in [4.69, 9.17) is 0 Å². The van der Waals surface area contributed by atoms with Crippen LogP contribution in [0.25, 0.3) is 92.7 Å². The fourth-order valence-corrected chi connectivity index (χ4v) is 5.89. The van der Waals surface area contributed by atoms with Crippen molar-refractivity contribution < 1.29 is 26.2 Å². The summed E-state index contributed by atoms with van der Waals surface area (Å²) in [6.45, 7) is 0. The molecule has 0 saturated carbocycles. The van der Waals surface area contributed by atoms with Gasteiger partial charge in [0.2, 0.25) is 0 Å². The third kappa shape index (κ3) is 7.03. The van der Waals surface area contributed by atoms with Crippen LogP contribution in [0.3, 0.4) is 0 Å². The maximum absolute atomic E-state index is 4.63. The van der Waals surface area contributed by atoms with Crippen molar-refractivity contribution in [3.63, 3.8) is 0 Å². The van der Waals surface area contributed by atoms with Crippen LogP contribution in [0.1, 0.15) is 45.6 Å². The first kappa shape index (κ1) is 30.4. The van der Waals surface area contributed by atoms with Gasteiger partial charge in [-0.05, 0) is 146 Å². The number of rotatable bonds is 0. The molecule has 0 amide bonds. The Hall–Kier alpha value is -5.92. The van der Waals surface area contributed by atoms with Crippen LogP contribution in [0.4, 0.5) is 0 Å². The van der Waals surface area contributed by atoms with E-state index in [1.807, 2.05) is 97.1 Å². The Balaban J connectivity index is 0.000000139. The zero-order chi connectivity index (χ0) is 31.9. The topological polar surface area (TPSA) is 115 Å². The monoisotopic (exact) mass is 710 g/mol. The van der Waals surface area contributed by atoms with Crippen LogP contribution in [0.2, 0.25) is 0 Å². The van der Waals surface area contributed by atoms with Gasteiger partial charge in [-0.3, -0.25) is 0 Å². The van der Waals surface area contributed by atoms with Gasteiger partial charge in [0.15, 0.2) is 0 Å². The molecule has 0 aromatic carbocycles. The van der Waals surface area contributed by atoms with Crippen molar-refractivity contribution in [3.05, 3.63) is 143 Å². The van der Waals surface area contributed by atoms with E-state index in [0.29, 0.717) is 0 Å². The molecule has 49 heavy (non-hydrogen) atoms. The first-order chi connectivity index (χ1) is 23.6. The summed E-state index contributed by atoms with van der Waals surface area (Å²) in [5, 5.41) is 0. The second-order valence-corrected chi connectivity index (χ2v) is 11.8. The minimum Gasteiger partial charge on any atom is -0.355 e. The Morgan fingerprint density at radius 3 is 0.531 bits per heavy atom. The van der Waals surface area contributed by atoms with Gasteiger partial charge in [-0.15, -0.1) is 0 Å². The fraction of sp³-hybridized carbons (Fsp3) is 0. The molecule has 4 aliphatic heterocycles. The van der Waals surface area contributed by atoms with E-state index in [1.54, 1.807) is 0 Å². The number of fused-ring (bicyclic) bond motifs is 16. The number of hydrogen-bond donors (Lipinski definition) is 4. The summed E-state index contributed by atoms with van der Waals surface area (Å²) in [6, 6.07) is 32.7. The summed E-state index contributed by atoms with van der Waals surface area (Å²) in [5.74, 6) is 0. The Labute approximate surface area is 299 Å². The second-order valence-electron chi connectivity index (χ2n) is 11.8. The van der Waals surface area contributed by atoms with Gasteiger partial charge in [0.1, 0.15) is 0 Å². The third-order valence-electron chi connectivity index (χ3n) is 8.08. The molecule has 0 fully saturated rings. The first-order valence-electron chi connectivity index (χ1n) is 15.7. The molecule has 0 aliphatic carbocycles. The van der Waals surface area contributed by atoms with Crippen molar-refractivity contribution in [1.82, 2.24) is 39.9 Å². The zero-order valence-electron chi connectivity index (χ0n) is 26.1. The molecule has 8 nitrogen and oxygen atoms in total. The summed E-state index contributed by atoms with van der Waals surface area (Å²) >= 11 is 0. The number of nitrogens with zero attached hydrogens (tertiary/aromatic N) is 4. The molecule has 6 aromatic heterocycles. The molecule has 0 spiro atoms. The van der Waals surface area contributed by atoms with Crippen LogP contribution in [-0.2, 0) is 26.2 Å². The van der Waals surface area contributed by atoms with E-state index in [1.165, 1.54) is 0 Å². The van der Waals surface area contributed by atoms with E-state index in [-0.39, 0.29) is 26.2 Å². The van der Waals surface area contributed by atoms with Crippen molar-refractivity contribution in [3.8, 4) is 0 Å². The van der Waals surface area contributed by atoms with Gasteiger partial charge in [-0.25, -0.2) is 19.9 Å². The molecule has 232 valence electrons. The molecular formula is C40H28N8Zr. The number of H-pyrrole nitrogens is 4. The largest absolute Gasteiger partial charge is 0.355 e. The molecule has 10 rings (SSSR count). The van der Waals surface area contributed by atoms with Gasteiger partial charge in [0.25, 0.3) is 0 Å². The maximum atomic E-state index is 4.63. The average molecular weight is 712 g/mol. The number of aromatic amines is 4. The summed E-state index contributed by atoms with van der Waals surface area (Å²) in [5.41, 5.74) is 15.7. The standard InChI is InChI=1S/2C20H14N4.Zr/c2*1-2-14-10-16-5-6-18(23-16)12-20-8-7-19(24-20)11-17-4-3-15(22-17)9-13(1)21-14;/h2*1-12,21,24H;. The molecule has 9 heteroatoms. The minimum absolute atomic E-state index is 0. The SMILES string of the molecule is C1=Cc2cc3ccc(cc4nc(cc5ccc(cc1n2)[nH]5)C=C4)[nH]3.C1=Cc2cc3ccc(cc4nc(cc5ccc(cc1n2)[nH]5)C=C4)[nH]3.[Zr]. The molecule has 4 aliphatic rings. The van der Waals surface area contributed by atoms with Crippen LogP contribution in [0, 0.1) is 0 Å². The Kier molecular flexibility index (Phi) is 8.03. The van der Waals surface area contributed by atoms with Crippen molar-refractivity contribution in [2.45, 2.75) is 0 Å². The molecule has 0 radical (unpaired) electrons. The molecule has 16 bridgehead atoms. The van der Waals surface area contributed by atoms with Gasteiger partial charge in [0.05, 0.1) is 45.6 Å². The predicted molar refractivity (Wildman–Crippen MR) is 198 cm³/mol. The van der Waals surface area contributed by atoms with E-state index >= 15 is 0 Å². The number of hydrogen-bond acceptors (Lipinski definition) is 4. The van der Waals surface area contributed by atoms with Crippen LogP contribution in [0.15, 0.2) is 97.1 Å². The van der Waals surface area contributed by atoms with Gasteiger partial charge < -0.3 is 19.9 Å². The van der Waals surface area contributed by atoms with Crippen LogP contribution in [-0.4, -0.2) is 39.9 Å².